The molecule has 0 aliphatic rings. The maximum atomic E-state index is 11.1. The van der Waals surface area contributed by atoms with Crippen molar-refractivity contribution in [1.29, 1.82) is 0 Å². The second-order valence-corrected chi connectivity index (χ2v) is 2.33. The number of nitrogens with one attached hydrogen (secondary N) is 1. The van der Waals surface area contributed by atoms with Gasteiger partial charge < -0.3 is 10.5 Å². The van der Waals surface area contributed by atoms with E-state index in [-0.39, 0.29) is 12.5 Å². The summed E-state index contributed by atoms with van der Waals surface area (Å²) < 4.78 is 4.80. The third kappa shape index (κ3) is 3.92. The maximum absolute atomic E-state index is 11.1. The van der Waals surface area contributed by atoms with E-state index in [0.717, 1.165) is 0 Å². The van der Waals surface area contributed by atoms with E-state index in [2.05, 4.69) is 5.43 Å². The Kier molecular flexibility index (Phi) is 4.76. The van der Waals surface area contributed by atoms with Crippen LogP contribution in [-0.4, -0.2) is 44.8 Å². The van der Waals surface area contributed by atoms with Crippen LogP contribution in [0.1, 0.15) is 0 Å². The van der Waals surface area contributed by atoms with Crippen molar-refractivity contribution in [2.45, 2.75) is 6.10 Å². The molecule has 3 N–H and O–H groups in total. The SMILES string of the molecule is COC(CN)C(=O)NN(C)C. The van der Waals surface area contributed by atoms with Crippen LogP contribution in [0.4, 0.5) is 0 Å². The molecule has 11 heavy (non-hydrogen) atoms. The summed E-state index contributed by atoms with van der Waals surface area (Å²) in [5, 5.41) is 1.55. The molecule has 1 atom stereocenters. The smallest absolute Gasteiger partial charge is 0.264 e. The summed E-state index contributed by atoms with van der Waals surface area (Å²) in [5.41, 5.74) is 7.79. The predicted octanol–water partition coefficient (Wildman–Crippen LogP) is -1.45. The largest absolute Gasteiger partial charge is 0.370 e. The number of carbonyl (C=O) groups excluding carboxylic acids is 1. The first-order valence-electron chi connectivity index (χ1n) is 3.32. The van der Waals surface area contributed by atoms with E-state index in [9.17, 15) is 4.79 Å². The Labute approximate surface area is 66.5 Å². The Hall–Kier alpha value is -0.650. The molecule has 5 heteroatoms. The summed E-state index contributed by atoms with van der Waals surface area (Å²) in [5.74, 6) is -0.222. The van der Waals surface area contributed by atoms with Crippen LogP contribution in [0.2, 0.25) is 0 Å². The van der Waals surface area contributed by atoms with Gasteiger partial charge in [-0.2, -0.15) is 0 Å². The van der Waals surface area contributed by atoms with Gasteiger partial charge in [0.25, 0.3) is 5.91 Å². The van der Waals surface area contributed by atoms with Gasteiger partial charge in [-0.1, -0.05) is 0 Å². The molecular weight excluding hydrogens is 146 g/mol. The lowest BCUT2D eigenvalue weighted by Crippen LogP contribution is -2.46. The topological polar surface area (TPSA) is 67.6 Å². The average Bonchev–Trinajstić information content (AvgIpc) is 1.88. The highest BCUT2D eigenvalue weighted by Crippen LogP contribution is 1.86. The first-order chi connectivity index (χ1) is 5.11. The number of hydrogen-bond acceptors (Lipinski definition) is 4. The normalized spacial score (nSPS) is 13.2. The molecule has 0 aromatic rings. The highest BCUT2D eigenvalue weighted by Gasteiger charge is 2.15. The lowest BCUT2D eigenvalue weighted by molar-refractivity contribution is -0.134. The lowest BCUT2D eigenvalue weighted by Gasteiger charge is -2.16. The zero-order chi connectivity index (χ0) is 8.85. The monoisotopic (exact) mass is 161 g/mol. The van der Waals surface area contributed by atoms with Gasteiger partial charge in [0.05, 0.1) is 0 Å². The Morgan fingerprint density at radius 3 is 2.55 bits per heavy atom. The zero-order valence-electron chi connectivity index (χ0n) is 7.13. The van der Waals surface area contributed by atoms with Gasteiger partial charge in [-0.25, -0.2) is 5.01 Å². The minimum Gasteiger partial charge on any atom is -0.370 e. The van der Waals surface area contributed by atoms with E-state index in [1.165, 1.54) is 7.11 Å². The van der Waals surface area contributed by atoms with Crippen LogP contribution >= 0.6 is 0 Å². The van der Waals surface area contributed by atoms with Gasteiger partial charge >= 0.3 is 0 Å². The molecule has 0 radical (unpaired) electrons. The fourth-order valence-corrected chi connectivity index (χ4v) is 0.603. The molecule has 1 amide bonds. The lowest BCUT2D eigenvalue weighted by atomic mass is 10.3. The molecule has 66 valence electrons. The number of amides is 1. The van der Waals surface area contributed by atoms with Crippen molar-refractivity contribution in [3.63, 3.8) is 0 Å². The van der Waals surface area contributed by atoms with Crippen LogP contribution in [0.25, 0.3) is 0 Å². The first-order valence-corrected chi connectivity index (χ1v) is 3.32. The number of nitrogens with zero attached hydrogens (tertiary/aromatic N) is 1. The number of hydrazine groups is 1. The van der Waals surface area contributed by atoms with Crippen LogP contribution in [-0.2, 0) is 9.53 Å². The minimum atomic E-state index is -0.558. The van der Waals surface area contributed by atoms with Crippen LogP contribution in [0.15, 0.2) is 0 Å². The zero-order valence-corrected chi connectivity index (χ0v) is 7.13. The quantitative estimate of drug-likeness (QED) is 0.495. The van der Waals surface area contributed by atoms with E-state index < -0.39 is 6.10 Å². The molecule has 5 nitrogen and oxygen atoms in total. The highest BCUT2D eigenvalue weighted by molar-refractivity contribution is 5.80. The van der Waals surface area contributed by atoms with Crippen LogP contribution in [0.5, 0.6) is 0 Å². The second-order valence-electron chi connectivity index (χ2n) is 2.33. The van der Waals surface area contributed by atoms with Gasteiger partial charge in [-0.3, -0.25) is 10.2 Å². The molecule has 0 spiro atoms. The van der Waals surface area contributed by atoms with Crippen LogP contribution in [0, 0.1) is 0 Å². The molecule has 0 heterocycles. The van der Waals surface area contributed by atoms with E-state index in [4.69, 9.17) is 10.5 Å². The fourth-order valence-electron chi connectivity index (χ4n) is 0.603. The summed E-state index contributed by atoms with van der Waals surface area (Å²) in [6.45, 7) is 0.191. The number of carbonyl (C=O) groups is 1. The molecule has 0 aromatic heterocycles. The average molecular weight is 161 g/mol. The van der Waals surface area contributed by atoms with Crippen molar-refractivity contribution < 1.29 is 9.53 Å². The van der Waals surface area contributed by atoms with Gasteiger partial charge in [-0.05, 0) is 0 Å². The molecule has 0 saturated heterocycles. The predicted molar refractivity (Wildman–Crippen MR) is 41.7 cm³/mol. The van der Waals surface area contributed by atoms with Gasteiger partial charge in [0.2, 0.25) is 0 Å². The summed E-state index contributed by atoms with van der Waals surface area (Å²) in [6, 6.07) is 0. The first kappa shape index (κ1) is 10.3. The fraction of sp³-hybridized carbons (Fsp3) is 0.833. The van der Waals surface area contributed by atoms with Gasteiger partial charge in [0.15, 0.2) is 0 Å². The molecule has 1 unspecified atom stereocenters. The molecule has 0 aliphatic heterocycles. The van der Waals surface area contributed by atoms with Crippen molar-refractivity contribution in [3.05, 3.63) is 0 Å². The second kappa shape index (κ2) is 5.06. The third-order valence-corrected chi connectivity index (χ3v) is 1.12. The van der Waals surface area contributed by atoms with Gasteiger partial charge in [0.1, 0.15) is 6.10 Å². The van der Waals surface area contributed by atoms with Crippen molar-refractivity contribution in [2.24, 2.45) is 5.73 Å². The van der Waals surface area contributed by atoms with Gasteiger partial charge in [-0.15, -0.1) is 0 Å². The summed E-state index contributed by atoms with van der Waals surface area (Å²) in [7, 11) is 4.90. The standard InChI is InChI=1S/C6H15N3O2/c1-9(2)8-6(10)5(4-7)11-3/h5H,4,7H2,1-3H3,(H,8,10). The minimum absolute atomic E-state index is 0.191. The van der Waals surface area contributed by atoms with E-state index in [1.54, 1.807) is 19.1 Å². The Balaban J connectivity index is 3.79. The van der Waals surface area contributed by atoms with Crippen LogP contribution in [0.3, 0.4) is 0 Å². The van der Waals surface area contributed by atoms with Crippen molar-refractivity contribution >= 4 is 5.91 Å². The molecule has 0 fully saturated rings. The molecule has 0 saturated carbocycles. The van der Waals surface area contributed by atoms with Gasteiger partial charge in [0, 0.05) is 27.7 Å². The summed E-state index contributed by atoms with van der Waals surface area (Å²) in [6.07, 6.45) is -0.558. The van der Waals surface area contributed by atoms with Crippen molar-refractivity contribution in [2.75, 3.05) is 27.7 Å². The Bertz CT molecular complexity index is 123. The molecule has 0 aliphatic carbocycles. The number of hydrogen-bond donors (Lipinski definition) is 2. The number of nitrogens with two attached hydrogens (primary N) is 1. The van der Waals surface area contributed by atoms with Crippen LogP contribution < -0.4 is 11.2 Å². The van der Waals surface area contributed by atoms with Crippen molar-refractivity contribution in [3.8, 4) is 0 Å². The Morgan fingerprint density at radius 2 is 2.27 bits per heavy atom. The van der Waals surface area contributed by atoms with E-state index in [0.29, 0.717) is 0 Å². The number of methoxy groups -OCH3 is 1. The molecular formula is C6H15N3O2. The highest BCUT2D eigenvalue weighted by atomic mass is 16.5. The third-order valence-electron chi connectivity index (χ3n) is 1.12. The van der Waals surface area contributed by atoms with E-state index >= 15 is 0 Å². The summed E-state index contributed by atoms with van der Waals surface area (Å²) >= 11 is 0. The molecule has 0 aromatic carbocycles. The van der Waals surface area contributed by atoms with E-state index in [1.807, 2.05) is 0 Å². The maximum Gasteiger partial charge on any atom is 0.264 e. The van der Waals surface area contributed by atoms with Crippen molar-refractivity contribution in [1.82, 2.24) is 10.4 Å². The molecule has 0 rings (SSSR count). The number of ether oxygens (including phenoxy) is 1. The molecule has 0 bridgehead atoms. The Morgan fingerprint density at radius 1 is 1.73 bits per heavy atom. The number of rotatable bonds is 4. The summed E-state index contributed by atoms with van der Waals surface area (Å²) in [4.78, 5) is 11.1.